The fraction of sp³-hybridized carbons (Fsp3) is 0.727. The molecule has 0 aliphatic heterocycles. The largest absolute Gasteiger partial charge is 0.462 e. The van der Waals surface area contributed by atoms with Gasteiger partial charge in [0.1, 0.15) is 11.4 Å². The van der Waals surface area contributed by atoms with Gasteiger partial charge in [0, 0.05) is 0 Å². The van der Waals surface area contributed by atoms with E-state index in [1.807, 2.05) is 6.92 Å². The molecule has 0 aromatic carbocycles. The second kappa shape index (κ2) is 6.38. The van der Waals surface area contributed by atoms with Crippen LogP contribution in [0, 0.1) is 0 Å². The Morgan fingerprint density at radius 1 is 1.44 bits per heavy atom. The number of hydrogen-bond acceptors (Lipinski definition) is 7. The first-order valence-corrected chi connectivity index (χ1v) is 7.81. The maximum atomic E-state index is 11.9. The molecule has 1 aromatic rings. The summed E-state index contributed by atoms with van der Waals surface area (Å²) in [6, 6.07) is 0. The van der Waals surface area contributed by atoms with E-state index in [1.54, 1.807) is 0 Å². The lowest BCUT2D eigenvalue weighted by Crippen LogP contribution is -2.25. The van der Waals surface area contributed by atoms with E-state index in [9.17, 15) is 4.79 Å². The van der Waals surface area contributed by atoms with Crippen LogP contribution in [0.4, 0.5) is 5.13 Å². The second-order valence-corrected chi connectivity index (χ2v) is 6.96. The smallest absolute Gasteiger partial charge is 0.319 e. The van der Waals surface area contributed by atoms with Crippen molar-refractivity contribution < 1.29 is 9.53 Å². The van der Waals surface area contributed by atoms with Crippen molar-refractivity contribution in [1.82, 2.24) is 10.2 Å². The summed E-state index contributed by atoms with van der Waals surface area (Å²) in [6.45, 7) is 1.83. The molecule has 0 bridgehead atoms. The number of rotatable bonds is 4. The number of aromatic nitrogens is 2. The highest BCUT2D eigenvalue weighted by atomic mass is 32.2. The van der Waals surface area contributed by atoms with Crippen LogP contribution in [0.15, 0.2) is 4.34 Å². The standard InChI is InChI=1S/C11H17N3O2S2/c1-7(17-11-14-13-10(12)18-11)9(15)16-8-5-3-2-4-6-8/h7-8H,2-6H2,1H3,(H2,12,13). The van der Waals surface area contributed by atoms with Crippen LogP contribution in [-0.4, -0.2) is 27.5 Å². The SMILES string of the molecule is CC(Sc1nnc(N)s1)C(=O)OC1CCCCC1. The van der Waals surface area contributed by atoms with Gasteiger partial charge in [-0.15, -0.1) is 10.2 Å². The van der Waals surface area contributed by atoms with Crippen LogP contribution in [-0.2, 0) is 9.53 Å². The number of nitrogens with zero attached hydrogens (tertiary/aromatic N) is 2. The molecule has 1 aliphatic rings. The minimum absolute atomic E-state index is 0.105. The average Bonchev–Trinajstić information content (AvgIpc) is 2.76. The first-order valence-electron chi connectivity index (χ1n) is 6.11. The quantitative estimate of drug-likeness (QED) is 0.677. The molecule has 5 nitrogen and oxygen atoms in total. The van der Waals surface area contributed by atoms with E-state index < -0.39 is 0 Å². The number of hydrogen-bond donors (Lipinski definition) is 1. The Morgan fingerprint density at radius 3 is 2.78 bits per heavy atom. The Morgan fingerprint density at radius 2 is 2.17 bits per heavy atom. The molecule has 1 saturated carbocycles. The molecule has 1 atom stereocenters. The number of nitrogens with two attached hydrogens (primary N) is 1. The minimum Gasteiger partial charge on any atom is -0.462 e. The van der Waals surface area contributed by atoms with Crippen LogP contribution in [0.2, 0.25) is 0 Å². The molecule has 1 heterocycles. The fourth-order valence-corrected chi connectivity index (χ4v) is 3.68. The molecule has 1 aromatic heterocycles. The molecule has 100 valence electrons. The molecule has 18 heavy (non-hydrogen) atoms. The van der Waals surface area contributed by atoms with Crippen molar-refractivity contribution >= 4 is 34.2 Å². The van der Waals surface area contributed by atoms with Crippen LogP contribution in [0.1, 0.15) is 39.0 Å². The van der Waals surface area contributed by atoms with Gasteiger partial charge in [0.25, 0.3) is 0 Å². The minimum atomic E-state index is -0.265. The molecular formula is C11H17N3O2S2. The zero-order chi connectivity index (χ0) is 13.0. The molecule has 0 saturated heterocycles. The Hall–Kier alpha value is -0.820. The molecule has 2 N–H and O–H groups in total. The molecule has 7 heteroatoms. The van der Waals surface area contributed by atoms with Gasteiger partial charge in [-0.3, -0.25) is 4.79 Å². The van der Waals surface area contributed by atoms with Crippen LogP contribution < -0.4 is 5.73 Å². The highest BCUT2D eigenvalue weighted by Gasteiger charge is 2.23. The van der Waals surface area contributed by atoms with E-state index in [0.717, 1.165) is 25.7 Å². The van der Waals surface area contributed by atoms with Gasteiger partial charge in [-0.25, -0.2) is 0 Å². The summed E-state index contributed by atoms with van der Waals surface area (Å²) in [5.41, 5.74) is 5.50. The number of esters is 1. The summed E-state index contributed by atoms with van der Waals surface area (Å²) >= 11 is 2.64. The van der Waals surface area contributed by atoms with Gasteiger partial charge in [-0.2, -0.15) is 0 Å². The Balaban J connectivity index is 1.80. The highest BCUT2D eigenvalue weighted by Crippen LogP contribution is 2.29. The summed E-state index contributed by atoms with van der Waals surface area (Å²) in [5.74, 6) is -0.166. The topological polar surface area (TPSA) is 78.1 Å². The van der Waals surface area contributed by atoms with Gasteiger partial charge in [0.05, 0.1) is 0 Å². The van der Waals surface area contributed by atoms with E-state index in [2.05, 4.69) is 10.2 Å². The Bertz CT molecular complexity index is 405. The van der Waals surface area contributed by atoms with Gasteiger partial charge in [-0.1, -0.05) is 29.5 Å². The number of nitrogen functional groups attached to an aromatic ring is 1. The fourth-order valence-electron chi connectivity index (χ4n) is 1.91. The Kier molecular flexibility index (Phi) is 4.82. The van der Waals surface area contributed by atoms with Crippen molar-refractivity contribution in [2.24, 2.45) is 0 Å². The van der Waals surface area contributed by atoms with Crippen LogP contribution >= 0.6 is 23.1 Å². The first kappa shape index (κ1) is 13.6. The normalized spacial score (nSPS) is 18.5. The third kappa shape index (κ3) is 3.84. The zero-order valence-electron chi connectivity index (χ0n) is 10.3. The molecule has 0 amide bonds. The van der Waals surface area contributed by atoms with E-state index in [4.69, 9.17) is 10.5 Å². The maximum Gasteiger partial charge on any atom is 0.319 e. The van der Waals surface area contributed by atoms with Crippen LogP contribution in [0.5, 0.6) is 0 Å². The Labute approximate surface area is 114 Å². The predicted molar refractivity (Wildman–Crippen MR) is 72.6 cm³/mol. The summed E-state index contributed by atoms with van der Waals surface area (Å²) < 4.78 is 6.21. The van der Waals surface area contributed by atoms with Crippen molar-refractivity contribution in [2.75, 3.05) is 5.73 Å². The number of carbonyl (C=O) groups excluding carboxylic acids is 1. The third-order valence-electron chi connectivity index (χ3n) is 2.87. The van der Waals surface area contributed by atoms with E-state index in [0.29, 0.717) is 9.47 Å². The van der Waals surface area contributed by atoms with Gasteiger partial charge < -0.3 is 10.5 Å². The van der Waals surface area contributed by atoms with Crippen molar-refractivity contribution in [3.8, 4) is 0 Å². The van der Waals surface area contributed by atoms with Crippen molar-refractivity contribution in [3.63, 3.8) is 0 Å². The molecular weight excluding hydrogens is 270 g/mol. The first-order chi connectivity index (χ1) is 8.65. The van der Waals surface area contributed by atoms with Crippen LogP contribution in [0.25, 0.3) is 0 Å². The molecule has 2 rings (SSSR count). The zero-order valence-corrected chi connectivity index (χ0v) is 11.9. The number of anilines is 1. The molecule has 1 aliphatic carbocycles. The summed E-state index contributed by atoms with van der Waals surface area (Å²) in [5, 5.41) is 7.76. The lowest BCUT2D eigenvalue weighted by molar-refractivity contribution is -0.149. The molecule has 1 unspecified atom stereocenters. The van der Waals surface area contributed by atoms with Gasteiger partial charge in [0.15, 0.2) is 4.34 Å². The van der Waals surface area contributed by atoms with Crippen molar-refractivity contribution in [1.29, 1.82) is 0 Å². The lowest BCUT2D eigenvalue weighted by Gasteiger charge is -2.23. The van der Waals surface area contributed by atoms with Gasteiger partial charge in [-0.05, 0) is 32.6 Å². The monoisotopic (exact) mass is 287 g/mol. The van der Waals surface area contributed by atoms with E-state index >= 15 is 0 Å². The third-order valence-corrected chi connectivity index (χ3v) is 4.78. The van der Waals surface area contributed by atoms with E-state index in [-0.39, 0.29) is 17.3 Å². The lowest BCUT2D eigenvalue weighted by atomic mass is 9.98. The second-order valence-electron chi connectivity index (χ2n) is 4.36. The van der Waals surface area contributed by atoms with E-state index in [1.165, 1.54) is 29.5 Å². The van der Waals surface area contributed by atoms with Crippen molar-refractivity contribution in [3.05, 3.63) is 0 Å². The summed E-state index contributed by atoms with van der Waals surface area (Å²) in [7, 11) is 0. The van der Waals surface area contributed by atoms with Gasteiger partial charge >= 0.3 is 5.97 Å². The number of carbonyl (C=O) groups is 1. The molecule has 0 spiro atoms. The summed E-state index contributed by atoms with van der Waals surface area (Å²) in [4.78, 5) is 11.9. The maximum absolute atomic E-state index is 11.9. The predicted octanol–water partition coefficient (Wildman–Crippen LogP) is 2.48. The summed E-state index contributed by atoms with van der Waals surface area (Å²) in [6.07, 6.45) is 5.67. The molecule has 0 radical (unpaired) electrons. The average molecular weight is 287 g/mol. The van der Waals surface area contributed by atoms with Crippen molar-refractivity contribution in [2.45, 2.75) is 54.7 Å². The highest BCUT2D eigenvalue weighted by molar-refractivity contribution is 8.02. The number of ether oxygens (including phenoxy) is 1. The number of thioether (sulfide) groups is 1. The molecule has 1 fully saturated rings. The van der Waals surface area contributed by atoms with Crippen LogP contribution in [0.3, 0.4) is 0 Å². The van der Waals surface area contributed by atoms with Gasteiger partial charge in [0.2, 0.25) is 5.13 Å².